The highest BCUT2D eigenvalue weighted by molar-refractivity contribution is 6.07. The molecule has 5 nitrogen and oxygen atoms in total. The average Bonchev–Trinajstić information content (AvgIpc) is 3.47. The van der Waals surface area contributed by atoms with Gasteiger partial charge >= 0.3 is 0 Å². The monoisotopic (exact) mass is 477 g/mol. The zero-order valence-corrected chi connectivity index (χ0v) is 20.4. The van der Waals surface area contributed by atoms with Gasteiger partial charge in [-0.3, -0.25) is 4.79 Å². The number of nitrogens with one attached hydrogen (secondary N) is 2. The number of carbonyl (C=O) groups is 1. The molecule has 1 atom stereocenters. The van der Waals surface area contributed by atoms with Crippen LogP contribution in [0.2, 0.25) is 0 Å². The van der Waals surface area contributed by atoms with E-state index >= 15 is 0 Å². The largest absolute Gasteiger partial charge is 0.390 e. The summed E-state index contributed by atoms with van der Waals surface area (Å²) in [4.78, 5) is 15.9. The van der Waals surface area contributed by atoms with Gasteiger partial charge in [0.1, 0.15) is 0 Å². The van der Waals surface area contributed by atoms with Gasteiger partial charge in [-0.25, -0.2) is 0 Å². The van der Waals surface area contributed by atoms with Gasteiger partial charge in [0.25, 0.3) is 0 Å². The minimum atomic E-state index is -0.533. The summed E-state index contributed by atoms with van der Waals surface area (Å²) in [5, 5.41) is 16.4. The Bertz CT molecular complexity index is 1510. The lowest BCUT2D eigenvalue weighted by atomic mass is 10.1. The molecule has 2 aromatic heterocycles. The minimum absolute atomic E-state index is 0.0220. The number of H-pyrrole nitrogens is 1. The van der Waals surface area contributed by atoms with Crippen LogP contribution < -0.4 is 5.32 Å². The molecule has 0 aliphatic carbocycles. The molecule has 0 saturated carbocycles. The van der Waals surface area contributed by atoms with Gasteiger partial charge in [0.05, 0.1) is 6.10 Å². The summed E-state index contributed by atoms with van der Waals surface area (Å²) in [5.74, 6) is -0.0220. The van der Waals surface area contributed by atoms with Crippen LogP contribution in [0.1, 0.15) is 27.0 Å². The molecule has 5 heteroatoms. The van der Waals surface area contributed by atoms with Gasteiger partial charge in [-0.05, 0) is 49.7 Å². The summed E-state index contributed by atoms with van der Waals surface area (Å²) in [6, 6.07) is 24.0. The predicted octanol–water partition coefficient (Wildman–Crippen LogP) is 5.52. The molecule has 3 aromatic carbocycles. The number of carbonyl (C=O) groups excluding carboxylic acids is 1. The highest BCUT2D eigenvalue weighted by Gasteiger charge is 2.11. The van der Waals surface area contributed by atoms with Gasteiger partial charge in [-0.15, -0.1) is 0 Å². The molecule has 5 rings (SSSR count). The normalized spacial score (nSPS) is 12.6. The summed E-state index contributed by atoms with van der Waals surface area (Å²) >= 11 is 0. The first-order valence-electron chi connectivity index (χ1n) is 12.4. The lowest BCUT2D eigenvalue weighted by Gasteiger charge is -2.13. The van der Waals surface area contributed by atoms with E-state index in [9.17, 15) is 9.90 Å². The maximum absolute atomic E-state index is 12.6. The van der Waals surface area contributed by atoms with E-state index in [1.54, 1.807) is 6.08 Å². The number of fused-ring (bicyclic) bond motifs is 2. The number of para-hydroxylation sites is 2. The number of allylic oxidation sites excluding steroid dienone is 1. The SMILES string of the molecule is Cc1ccc(C(=O)/C=C/c2cn(C[C@@H](O)CNCCc3c[nH]c4ccccc34)c3ccccc23)cc1. The Morgan fingerprint density at radius 2 is 1.78 bits per heavy atom. The van der Waals surface area contributed by atoms with Crippen molar-refractivity contribution in [2.75, 3.05) is 13.1 Å². The van der Waals surface area contributed by atoms with Crippen LogP contribution in [0.15, 0.2) is 91.3 Å². The summed E-state index contributed by atoms with van der Waals surface area (Å²) in [7, 11) is 0. The number of hydrogen-bond acceptors (Lipinski definition) is 3. The first kappa shape index (κ1) is 23.8. The molecule has 0 aliphatic rings. The third kappa shape index (κ3) is 5.33. The molecule has 0 saturated heterocycles. The quantitative estimate of drug-likeness (QED) is 0.141. The van der Waals surface area contributed by atoms with Crippen molar-refractivity contribution in [2.24, 2.45) is 0 Å². The maximum atomic E-state index is 12.6. The third-order valence-electron chi connectivity index (χ3n) is 6.60. The lowest BCUT2D eigenvalue weighted by Crippen LogP contribution is -2.31. The number of aromatic nitrogens is 2. The fraction of sp³-hybridized carbons (Fsp3) is 0.194. The Morgan fingerprint density at radius 3 is 2.61 bits per heavy atom. The van der Waals surface area contributed by atoms with Crippen molar-refractivity contribution in [1.82, 2.24) is 14.9 Å². The molecule has 0 spiro atoms. The molecule has 182 valence electrons. The standard InChI is InChI=1S/C31H31N3O2/c1-22-10-12-23(13-11-22)31(36)15-14-25-20-34(30-9-5-3-7-28(25)30)21-26(35)19-32-17-16-24-18-33-29-8-4-2-6-27(24)29/h2-15,18,20,26,32-33,35H,16-17,19,21H2,1H3/b15-14+/t26-/m0/s1. The Labute approximate surface area is 211 Å². The van der Waals surface area contributed by atoms with E-state index in [0.717, 1.165) is 40.5 Å². The van der Waals surface area contributed by atoms with Gasteiger partial charge in [-0.1, -0.05) is 66.2 Å². The fourth-order valence-electron chi connectivity index (χ4n) is 4.66. The van der Waals surface area contributed by atoms with E-state index < -0.39 is 6.10 Å². The van der Waals surface area contributed by atoms with E-state index in [-0.39, 0.29) is 5.78 Å². The van der Waals surface area contributed by atoms with Crippen LogP contribution in [0.5, 0.6) is 0 Å². The topological polar surface area (TPSA) is 70.1 Å². The van der Waals surface area contributed by atoms with Crippen LogP contribution >= 0.6 is 0 Å². The number of nitrogens with zero attached hydrogens (tertiary/aromatic N) is 1. The van der Waals surface area contributed by atoms with Crippen molar-refractivity contribution in [1.29, 1.82) is 0 Å². The molecule has 0 amide bonds. The predicted molar refractivity (Wildman–Crippen MR) is 147 cm³/mol. The zero-order valence-electron chi connectivity index (χ0n) is 20.4. The van der Waals surface area contributed by atoms with Crippen molar-refractivity contribution in [3.05, 3.63) is 114 Å². The zero-order chi connectivity index (χ0) is 24.9. The molecule has 0 bridgehead atoms. The van der Waals surface area contributed by atoms with Crippen molar-refractivity contribution in [3.8, 4) is 0 Å². The van der Waals surface area contributed by atoms with Gasteiger partial charge in [0.15, 0.2) is 5.78 Å². The maximum Gasteiger partial charge on any atom is 0.185 e. The molecular formula is C31H31N3O2. The molecule has 0 fully saturated rings. The molecule has 5 aromatic rings. The van der Waals surface area contributed by atoms with Crippen LogP contribution in [-0.4, -0.2) is 39.6 Å². The summed E-state index contributed by atoms with van der Waals surface area (Å²) in [6.07, 6.45) is 7.93. The van der Waals surface area contributed by atoms with Crippen LogP contribution in [0.3, 0.4) is 0 Å². The second-order valence-corrected chi connectivity index (χ2v) is 9.29. The lowest BCUT2D eigenvalue weighted by molar-refractivity contribution is 0.104. The summed E-state index contributed by atoms with van der Waals surface area (Å²) < 4.78 is 2.07. The number of aliphatic hydroxyl groups is 1. The smallest absolute Gasteiger partial charge is 0.185 e. The Morgan fingerprint density at radius 1 is 1.03 bits per heavy atom. The molecule has 0 radical (unpaired) electrons. The van der Waals surface area contributed by atoms with Gasteiger partial charge in [0.2, 0.25) is 0 Å². The van der Waals surface area contributed by atoms with E-state index in [1.165, 1.54) is 10.9 Å². The molecule has 0 unspecified atom stereocenters. The van der Waals surface area contributed by atoms with Crippen LogP contribution in [0.25, 0.3) is 27.9 Å². The van der Waals surface area contributed by atoms with E-state index in [1.807, 2.05) is 73.8 Å². The fourth-order valence-corrected chi connectivity index (χ4v) is 4.66. The van der Waals surface area contributed by atoms with Crippen molar-refractivity contribution in [3.63, 3.8) is 0 Å². The highest BCUT2D eigenvalue weighted by atomic mass is 16.3. The molecule has 2 heterocycles. The number of rotatable bonds is 10. The second kappa shape index (κ2) is 10.8. The molecule has 36 heavy (non-hydrogen) atoms. The number of hydrogen-bond donors (Lipinski definition) is 3. The van der Waals surface area contributed by atoms with Crippen LogP contribution in [0, 0.1) is 6.92 Å². The third-order valence-corrected chi connectivity index (χ3v) is 6.60. The average molecular weight is 478 g/mol. The summed E-state index contributed by atoms with van der Waals surface area (Å²) in [5.41, 5.74) is 6.24. The first-order chi connectivity index (χ1) is 17.6. The van der Waals surface area contributed by atoms with Crippen molar-refractivity contribution in [2.45, 2.75) is 26.0 Å². The second-order valence-electron chi connectivity index (χ2n) is 9.29. The molecule has 3 N–H and O–H groups in total. The van der Waals surface area contributed by atoms with Gasteiger partial charge in [0, 0.05) is 58.4 Å². The van der Waals surface area contributed by atoms with Crippen molar-refractivity contribution >= 4 is 33.7 Å². The number of benzene rings is 3. The van der Waals surface area contributed by atoms with Crippen molar-refractivity contribution < 1.29 is 9.90 Å². The van der Waals surface area contributed by atoms with E-state index in [4.69, 9.17) is 0 Å². The number of aryl methyl sites for hydroxylation is 1. The number of aliphatic hydroxyl groups excluding tert-OH is 1. The number of ketones is 1. The molecule has 0 aliphatic heterocycles. The van der Waals surface area contributed by atoms with Crippen LogP contribution in [0.4, 0.5) is 0 Å². The van der Waals surface area contributed by atoms with Gasteiger partial charge in [-0.2, -0.15) is 0 Å². The first-order valence-corrected chi connectivity index (χ1v) is 12.4. The Balaban J connectivity index is 1.21. The number of aromatic amines is 1. The molecular weight excluding hydrogens is 446 g/mol. The highest BCUT2D eigenvalue weighted by Crippen LogP contribution is 2.23. The minimum Gasteiger partial charge on any atom is -0.390 e. The Hall–Kier alpha value is -3.93. The summed E-state index contributed by atoms with van der Waals surface area (Å²) in [6.45, 7) is 3.78. The van der Waals surface area contributed by atoms with Crippen LogP contribution in [-0.2, 0) is 13.0 Å². The van der Waals surface area contributed by atoms with E-state index in [2.05, 4.69) is 39.3 Å². The van der Waals surface area contributed by atoms with E-state index in [0.29, 0.717) is 18.7 Å². The van der Waals surface area contributed by atoms with Gasteiger partial charge < -0.3 is 20.0 Å². The Kier molecular flexibility index (Phi) is 7.12.